The van der Waals surface area contributed by atoms with Crippen LogP contribution in [0.4, 0.5) is 0 Å². The van der Waals surface area contributed by atoms with Gasteiger partial charge in [0.15, 0.2) is 0 Å². The summed E-state index contributed by atoms with van der Waals surface area (Å²) in [5.41, 5.74) is 0.336. The predicted octanol–water partition coefficient (Wildman–Crippen LogP) is 3.56. The second-order valence-corrected chi connectivity index (χ2v) is 6.04. The Labute approximate surface area is 131 Å². The molecule has 0 aliphatic heterocycles. The number of carbonyl (C=O) groups excluding carboxylic acids is 1. The lowest BCUT2D eigenvalue weighted by molar-refractivity contribution is -0.137. The predicted molar refractivity (Wildman–Crippen MR) is 82.0 cm³/mol. The number of thioether (sulfide) groups is 1. The maximum absolute atomic E-state index is 12.0. The Morgan fingerprint density at radius 2 is 2.00 bits per heavy atom. The number of benzene rings is 1. The van der Waals surface area contributed by atoms with Gasteiger partial charge in [-0.05, 0) is 24.3 Å². The Hall–Kier alpha value is -0.910. The lowest BCUT2D eigenvalue weighted by Crippen LogP contribution is -2.29. The highest BCUT2D eigenvalue weighted by Crippen LogP contribution is 2.31. The van der Waals surface area contributed by atoms with Crippen LogP contribution >= 0.6 is 35.0 Å². The van der Waals surface area contributed by atoms with Gasteiger partial charge in [-0.2, -0.15) is 0 Å². The van der Waals surface area contributed by atoms with E-state index in [1.54, 1.807) is 13.0 Å². The highest BCUT2D eigenvalue weighted by Gasteiger charge is 2.15. The molecule has 0 spiro atoms. The van der Waals surface area contributed by atoms with Crippen LogP contribution in [0.1, 0.15) is 23.7 Å². The summed E-state index contributed by atoms with van der Waals surface area (Å²) >= 11 is 13.4. The van der Waals surface area contributed by atoms with Gasteiger partial charge in [-0.25, -0.2) is 0 Å². The number of halogens is 2. The highest BCUT2D eigenvalue weighted by atomic mass is 35.5. The molecule has 0 aliphatic carbocycles. The third-order valence-corrected chi connectivity index (χ3v) is 4.14. The van der Waals surface area contributed by atoms with Gasteiger partial charge < -0.3 is 10.4 Å². The summed E-state index contributed by atoms with van der Waals surface area (Å²) in [5.74, 6) is -1.37. The van der Waals surface area contributed by atoms with E-state index in [9.17, 15) is 9.59 Å². The van der Waals surface area contributed by atoms with Crippen molar-refractivity contribution in [1.82, 2.24) is 5.32 Å². The summed E-state index contributed by atoms with van der Waals surface area (Å²) in [5, 5.41) is 12.1. The molecule has 0 saturated heterocycles. The van der Waals surface area contributed by atoms with Crippen molar-refractivity contribution in [1.29, 1.82) is 0 Å². The van der Waals surface area contributed by atoms with Crippen molar-refractivity contribution in [2.45, 2.75) is 18.2 Å². The van der Waals surface area contributed by atoms with Crippen molar-refractivity contribution in [3.05, 3.63) is 27.7 Å². The first-order valence-corrected chi connectivity index (χ1v) is 7.86. The molecular formula is C13H15Cl2NO3S. The number of amides is 1. The van der Waals surface area contributed by atoms with Gasteiger partial charge in [-0.15, -0.1) is 11.8 Å². The summed E-state index contributed by atoms with van der Waals surface area (Å²) in [6.45, 7) is 2.03. The number of hydrogen-bond acceptors (Lipinski definition) is 3. The molecule has 1 amide bonds. The van der Waals surface area contributed by atoms with Crippen LogP contribution in [-0.4, -0.2) is 29.8 Å². The molecule has 0 saturated carbocycles. The van der Waals surface area contributed by atoms with Crippen LogP contribution in [0.3, 0.4) is 0 Å². The normalized spacial score (nSPS) is 12.0. The van der Waals surface area contributed by atoms with Gasteiger partial charge in [-0.3, -0.25) is 9.59 Å². The molecule has 1 unspecified atom stereocenters. The molecule has 0 aliphatic rings. The first-order chi connectivity index (χ1) is 9.35. The van der Waals surface area contributed by atoms with Crippen LogP contribution in [0.15, 0.2) is 17.0 Å². The van der Waals surface area contributed by atoms with Crippen LogP contribution < -0.4 is 5.32 Å². The van der Waals surface area contributed by atoms with E-state index < -0.39 is 5.97 Å². The summed E-state index contributed by atoms with van der Waals surface area (Å²) in [6.07, 6.45) is 1.86. The smallest absolute Gasteiger partial charge is 0.303 e. The third kappa shape index (κ3) is 4.89. The average molecular weight is 336 g/mol. The largest absolute Gasteiger partial charge is 0.481 e. The zero-order valence-corrected chi connectivity index (χ0v) is 13.4. The Morgan fingerprint density at radius 3 is 2.55 bits per heavy atom. The molecule has 0 aromatic heterocycles. The van der Waals surface area contributed by atoms with E-state index in [0.717, 1.165) is 4.90 Å². The van der Waals surface area contributed by atoms with E-state index in [-0.39, 0.29) is 29.8 Å². The van der Waals surface area contributed by atoms with Gasteiger partial charge >= 0.3 is 5.97 Å². The Balaban J connectivity index is 2.75. The van der Waals surface area contributed by atoms with Crippen molar-refractivity contribution in [3.8, 4) is 0 Å². The molecule has 0 radical (unpaired) electrons. The molecule has 0 heterocycles. The fraction of sp³-hybridized carbons (Fsp3) is 0.385. The van der Waals surface area contributed by atoms with Crippen molar-refractivity contribution in [2.75, 3.05) is 12.8 Å². The summed E-state index contributed by atoms with van der Waals surface area (Å²) in [7, 11) is 0. The van der Waals surface area contributed by atoms with Gasteiger partial charge in [0.2, 0.25) is 0 Å². The van der Waals surface area contributed by atoms with Crippen LogP contribution in [0.5, 0.6) is 0 Å². The summed E-state index contributed by atoms with van der Waals surface area (Å²) in [6, 6.07) is 3.16. The number of carbonyl (C=O) groups is 2. The number of nitrogens with one attached hydrogen (secondary N) is 1. The fourth-order valence-corrected chi connectivity index (χ4v) is 2.78. The molecular weight excluding hydrogens is 321 g/mol. The Bertz CT molecular complexity index is 523. The lowest BCUT2D eigenvalue weighted by atomic mass is 10.1. The van der Waals surface area contributed by atoms with Gasteiger partial charge in [0, 0.05) is 17.9 Å². The molecule has 20 heavy (non-hydrogen) atoms. The summed E-state index contributed by atoms with van der Waals surface area (Å²) in [4.78, 5) is 23.4. The molecule has 0 fully saturated rings. The van der Waals surface area contributed by atoms with Crippen molar-refractivity contribution in [2.24, 2.45) is 5.92 Å². The summed E-state index contributed by atoms with van der Waals surface area (Å²) < 4.78 is 0. The molecule has 4 nitrogen and oxygen atoms in total. The number of hydrogen-bond donors (Lipinski definition) is 2. The van der Waals surface area contributed by atoms with Gasteiger partial charge in [0.25, 0.3) is 5.91 Å². The highest BCUT2D eigenvalue weighted by molar-refractivity contribution is 7.98. The zero-order valence-electron chi connectivity index (χ0n) is 11.1. The van der Waals surface area contributed by atoms with Crippen LogP contribution in [0.25, 0.3) is 0 Å². The first-order valence-electron chi connectivity index (χ1n) is 5.88. The molecule has 1 aromatic rings. The van der Waals surface area contributed by atoms with Crippen molar-refractivity contribution >= 4 is 46.8 Å². The molecule has 1 rings (SSSR count). The molecule has 110 valence electrons. The maximum atomic E-state index is 12.0. The maximum Gasteiger partial charge on any atom is 0.303 e. The quantitative estimate of drug-likeness (QED) is 0.780. The second kappa shape index (κ2) is 7.76. The molecule has 1 atom stereocenters. The lowest BCUT2D eigenvalue weighted by Gasteiger charge is -2.12. The van der Waals surface area contributed by atoms with Gasteiger partial charge in [0.05, 0.1) is 15.6 Å². The van der Waals surface area contributed by atoms with Crippen LogP contribution in [0.2, 0.25) is 10.0 Å². The van der Waals surface area contributed by atoms with Crippen LogP contribution in [-0.2, 0) is 4.79 Å². The first kappa shape index (κ1) is 17.1. The second-order valence-electron chi connectivity index (χ2n) is 4.38. The third-order valence-electron chi connectivity index (χ3n) is 2.62. The minimum Gasteiger partial charge on any atom is -0.481 e. The number of carboxylic acids is 1. The minimum atomic E-state index is -0.888. The molecule has 7 heteroatoms. The van der Waals surface area contributed by atoms with E-state index in [0.29, 0.717) is 10.6 Å². The van der Waals surface area contributed by atoms with E-state index in [1.165, 1.54) is 17.8 Å². The van der Waals surface area contributed by atoms with Crippen molar-refractivity contribution < 1.29 is 14.7 Å². The molecule has 1 aromatic carbocycles. The molecule has 2 N–H and O–H groups in total. The Morgan fingerprint density at radius 1 is 1.35 bits per heavy atom. The standard InChI is InChI=1S/C13H15Cl2NO3S/c1-7(3-12(17)18)6-16-13(19)8-4-11(20-2)10(15)5-9(8)14/h4-5,7H,3,6H2,1-2H3,(H,16,19)(H,17,18). The minimum absolute atomic E-state index is 0.00465. The van der Waals surface area contributed by atoms with Crippen molar-refractivity contribution in [3.63, 3.8) is 0 Å². The van der Waals surface area contributed by atoms with E-state index >= 15 is 0 Å². The monoisotopic (exact) mass is 335 g/mol. The number of rotatable bonds is 6. The zero-order chi connectivity index (χ0) is 15.3. The van der Waals surface area contributed by atoms with Gasteiger partial charge in [-0.1, -0.05) is 30.1 Å². The number of aliphatic carboxylic acids is 1. The number of carboxylic acid groups (broad SMARTS) is 1. The topological polar surface area (TPSA) is 66.4 Å². The van der Waals surface area contributed by atoms with Crippen LogP contribution in [0, 0.1) is 5.92 Å². The van der Waals surface area contributed by atoms with E-state index in [4.69, 9.17) is 28.3 Å². The Kier molecular flexibility index (Phi) is 6.65. The van der Waals surface area contributed by atoms with E-state index in [1.807, 2.05) is 6.26 Å². The average Bonchev–Trinajstić information content (AvgIpc) is 2.35. The fourth-order valence-electron chi connectivity index (χ4n) is 1.59. The van der Waals surface area contributed by atoms with Gasteiger partial charge in [0.1, 0.15) is 0 Å². The molecule has 0 bridgehead atoms. The van der Waals surface area contributed by atoms with E-state index in [2.05, 4.69) is 5.32 Å². The SMILES string of the molecule is CSc1cc(C(=O)NCC(C)CC(=O)O)c(Cl)cc1Cl.